The molecule has 0 spiro atoms. The van der Waals surface area contributed by atoms with Crippen LogP contribution in [0.5, 0.6) is 0 Å². The SMILES string of the molecule is O=C(O)c1cn(CCOC2CCCCO2)cc(-c2ccc(F)cc2)c1=O. The molecule has 1 N–H and O–H groups in total. The Morgan fingerprint density at radius 3 is 2.69 bits per heavy atom. The molecule has 1 aliphatic heterocycles. The Hall–Kier alpha value is -2.51. The Bertz CT molecular complexity index is 825. The van der Waals surface area contributed by atoms with Gasteiger partial charge < -0.3 is 19.1 Å². The van der Waals surface area contributed by atoms with E-state index in [-0.39, 0.29) is 17.4 Å². The van der Waals surface area contributed by atoms with E-state index in [1.54, 1.807) is 10.8 Å². The molecule has 0 aliphatic carbocycles. The summed E-state index contributed by atoms with van der Waals surface area (Å²) < 4.78 is 25.9. The van der Waals surface area contributed by atoms with Crippen LogP contribution in [0.4, 0.5) is 4.39 Å². The van der Waals surface area contributed by atoms with E-state index in [2.05, 4.69) is 0 Å². The molecular weight excluding hydrogens is 341 g/mol. The Balaban J connectivity index is 1.81. The third-order valence-electron chi connectivity index (χ3n) is 4.26. The lowest BCUT2D eigenvalue weighted by atomic mass is 10.0. The van der Waals surface area contributed by atoms with Gasteiger partial charge in [0.25, 0.3) is 0 Å². The fraction of sp³-hybridized carbons (Fsp3) is 0.368. The van der Waals surface area contributed by atoms with Crippen LogP contribution in [0.15, 0.2) is 41.5 Å². The van der Waals surface area contributed by atoms with Crippen molar-refractivity contribution in [1.82, 2.24) is 4.57 Å². The maximum Gasteiger partial charge on any atom is 0.341 e. The van der Waals surface area contributed by atoms with E-state index < -0.39 is 17.2 Å². The van der Waals surface area contributed by atoms with Crippen molar-refractivity contribution < 1.29 is 23.8 Å². The second-order valence-corrected chi connectivity index (χ2v) is 6.13. The van der Waals surface area contributed by atoms with Crippen molar-refractivity contribution >= 4 is 5.97 Å². The van der Waals surface area contributed by atoms with Gasteiger partial charge in [-0.2, -0.15) is 0 Å². The third kappa shape index (κ3) is 4.36. The lowest BCUT2D eigenvalue weighted by Gasteiger charge is -2.23. The largest absolute Gasteiger partial charge is 0.477 e. The summed E-state index contributed by atoms with van der Waals surface area (Å²) in [5.74, 6) is -1.73. The monoisotopic (exact) mass is 361 g/mol. The van der Waals surface area contributed by atoms with E-state index >= 15 is 0 Å². The minimum atomic E-state index is -1.30. The number of halogens is 1. The molecule has 1 aliphatic rings. The van der Waals surface area contributed by atoms with Crippen LogP contribution < -0.4 is 5.43 Å². The molecule has 0 saturated carbocycles. The Kier molecular flexibility index (Phi) is 5.80. The Morgan fingerprint density at radius 1 is 1.27 bits per heavy atom. The predicted molar refractivity (Wildman–Crippen MR) is 92.6 cm³/mol. The molecule has 3 rings (SSSR count). The second kappa shape index (κ2) is 8.25. The number of aromatic carboxylic acids is 1. The zero-order chi connectivity index (χ0) is 18.5. The lowest BCUT2D eigenvalue weighted by molar-refractivity contribution is -0.163. The molecule has 138 valence electrons. The predicted octanol–water partition coefficient (Wildman–Crippen LogP) is 2.90. The van der Waals surface area contributed by atoms with Gasteiger partial charge in [-0.3, -0.25) is 4.79 Å². The van der Waals surface area contributed by atoms with Crippen LogP contribution >= 0.6 is 0 Å². The van der Waals surface area contributed by atoms with Crippen molar-refractivity contribution in [3.05, 3.63) is 58.3 Å². The zero-order valence-corrected chi connectivity index (χ0v) is 14.2. The molecule has 2 heterocycles. The van der Waals surface area contributed by atoms with Crippen molar-refractivity contribution in [3.8, 4) is 11.1 Å². The lowest BCUT2D eigenvalue weighted by Crippen LogP contribution is -2.25. The van der Waals surface area contributed by atoms with Gasteiger partial charge in [-0.15, -0.1) is 0 Å². The Labute approximate surface area is 149 Å². The summed E-state index contributed by atoms with van der Waals surface area (Å²) in [5.41, 5.74) is -0.263. The molecule has 6 nitrogen and oxygen atoms in total. The number of pyridine rings is 1. The van der Waals surface area contributed by atoms with Crippen LogP contribution in [0.25, 0.3) is 11.1 Å². The number of ether oxygens (including phenoxy) is 2. The van der Waals surface area contributed by atoms with E-state index in [4.69, 9.17) is 9.47 Å². The summed E-state index contributed by atoms with van der Waals surface area (Å²) in [6, 6.07) is 5.37. The standard InChI is InChI=1S/C19H20FNO5/c20-14-6-4-13(5-7-14)15-11-21(12-16(18(15)22)19(23)24)8-10-26-17-3-1-2-9-25-17/h4-7,11-12,17H,1-3,8-10H2,(H,23,24). The molecule has 0 amide bonds. The highest BCUT2D eigenvalue weighted by atomic mass is 19.1. The number of carboxylic acid groups (broad SMARTS) is 1. The van der Waals surface area contributed by atoms with Gasteiger partial charge in [-0.05, 0) is 37.0 Å². The van der Waals surface area contributed by atoms with Gasteiger partial charge in [0.2, 0.25) is 5.43 Å². The van der Waals surface area contributed by atoms with Gasteiger partial charge >= 0.3 is 5.97 Å². The summed E-state index contributed by atoms with van der Waals surface area (Å²) in [4.78, 5) is 23.8. The number of nitrogens with zero attached hydrogens (tertiary/aromatic N) is 1. The van der Waals surface area contributed by atoms with Crippen LogP contribution in [0.2, 0.25) is 0 Å². The molecular formula is C19H20FNO5. The second-order valence-electron chi connectivity index (χ2n) is 6.13. The fourth-order valence-corrected chi connectivity index (χ4v) is 2.88. The first-order valence-corrected chi connectivity index (χ1v) is 8.51. The summed E-state index contributed by atoms with van der Waals surface area (Å²) in [7, 11) is 0. The normalized spacial score (nSPS) is 17.2. The smallest absolute Gasteiger partial charge is 0.341 e. The summed E-state index contributed by atoms with van der Waals surface area (Å²) in [6.45, 7) is 1.38. The molecule has 1 saturated heterocycles. The highest BCUT2D eigenvalue weighted by Gasteiger charge is 2.16. The van der Waals surface area contributed by atoms with Crippen LogP contribution in [-0.2, 0) is 16.0 Å². The van der Waals surface area contributed by atoms with E-state index in [1.165, 1.54) is 30.5 Å². The van der Waals surface area contributed by atoms with Gasteiger partial charge in [-0.1, -0.05) is 12.1 Å². The van der Waals surface area contributed by atoms with Crippen molar-refractivity contribution in [1.29, 1.82) is 0 Å². The van der Waals surface area contributed by atoms with Gasteiger partial charge in [0, 0.05) is 31.1 Å². The molecule has 1 fully saturated rings. The molecule has 0 bridgehead atoms. The maximum atomic E-state index is 13.1. The number of aromatic nitrogens is 1. The van der Waals surface area contributed by atoms with Crippen molar-refractivity contribution in [3.63, 3.8) is 0 Å². The molecule has 1 aromatic heterocycles. The van der Waals surface area contributed by atoms with Crippen LogP contribution in [-0.4, -0.2) is 35.1 Å². The molecule has 0 radical (unpaired) electrons. The zero-order valence-electron chi connectivity index (χ0n) is 14.2. The van der Waals surface area contributed by atoms with Gasteiger partial charge in [-0.25, -0.2) is 9.18 Å². The Morgan fingerprint density at radius 2 is 2.04 bits per heavy atom. The van der Waals surface area contributed by atoms with Crippen molar-refractivity contribution in [2.45, 2.75) is 32.1 Å². The van der Waals surface area contributed by atoms with Gasteiger partial charge in [0.1, 0.15) is 11.4 Å². The van der Waals surface area contributed by atoms with Crippen molar-refractivity contribution in [2.24, 2.45) is 0 Å². The summed E-state index contributed by atoms with van der Waals surface area (Å²) in [6.07, 6.45) is 5.54. The number of carboxylic acids is 1. The first-order chi connectivity index (χ1) is 12.5. The first-order valence-electron chi connectivity index (χ1n) is 8.51. The van der Waals surface area contributed by atoms with E-state index in [1.807, 2.05) is 0 Å². The average molecular weight is 361 g/mol. The number of carbonyl (C=O) groups is 1. The minimum Gasteiger partial charge on any atom is -0.477 e. The number of hydrogen-bond donors (Lipinski definition) is 1. The van der Waals surface area contributed by atoms with Crippen LogP contribution in [0.1, 0.15) is 29.6 Å². The molecule has 7 heteroatoms. The van der Waals surface area contributed by atoms with Crippen LogP contribution in [0, 0.1) is 5.82 Å². The van der Waals surface area contributed by atoms with Crippen LogP contribution in [0.3, 0.4) is 0 Å². The number of benzene rings is 1. The fourth-order valence-electron chi connectivity index (χ4n) is 2.88. The molecule has 1 unspecified atom stereocenters. The molecule has 1 aromatic carbocycles. The number of hydrogen-bond acceptors (Lipinski definition) is 4. The maximum absolute atomic E-state index is 13.1. The van der Waals surface area contributed by atoms with Gasteiger partial charge in [0.05, 0.1) is 6.61 Å². The molecule has 2 aromatic rings. The topological polar surface area (TPSA) is 77.8 Å². The molecule has 1 atom stereocenters. The minimum absolute atomic E-state index is 0.207. The highest BCUT2D eigenvalue weighted by Crippen LogP contribution is 2.17. The van der Waals surface area contributed by atoms with Crippen molar-refractivity contribution in [2.75, 3.05) is 13.2 Å². The van der Waals surface area contributed by atoms with E-state index in [9.17, 15) is 19.1 Å². The average Bonchev–Trinajstić information content (AvgIpc) is 2.64. The van der Waals surface area contributed by atoms with E-state index in [0.29, 0.717) is 25.3 Å². The molecule has 26 heavy (non-hydrogen) atoms. The van der Waals surface area contributed by atoms with Gasteiger partial charge in [0.15, 0.2) is 6.29 Å². The highest BCUT2D eigenvalue weighted by molar-refractivity contribution is 5.88. The van der Waals surface area contributed by atoms with E-state index in [0.717, 1.165) is 19.3 Å². The summed E-state index contributed by atoms with van der Waals surface area (Å²) >= 11 is 0. The summed E-state index contributed by atoms with van der Waals surface area (Å²) in [5, 5.41) is 9.31. The quantitative estimate of drug-likeness (QED) is 0.856. The first kappa shape index (κ1) is 18.3. The number of rotatable bonds is 6. The third-order valence-corrected chi connectivity index (χ3v) is 4.26.